The fourth-order valence-corrected chi connectivity index (χ4v) is 4.09. The van der Waals surface area contributed by atoms with Crippen molar-refractivity contribution >= 4 is 23.7 Å². The van der Waals surface area contributed by atoms with Crippen LogP contribution in [0, 0.1) is 0 Å². The van der Waals surface area contributed by atoms with E-state index in [1.165, 1.54) is 25.3 Å². The van der Waals surface area contributed by atoms with Crippen LogP contribution >= 0.6 is 0 Å². The molecule has 0 spiro atoms. The third-order valence-corrected chi connectivity index (χ3v) is 5.66. The molecule has 0 radical (unpaired) electrons. The molecule has 0 bridgehead atoms. The second kappa shape index (κ2) is 10.2. The Balaban J connectivity index is 1.40. The lowest BCUT2D eigenvalue weighted by Gasteiger charge is -2.19. The van der Waals surface area contributed by atoms with E-state index in [1.54, 1.807) is 6.07 Å². The fraction of sp³-hybridized carbons (Fsp3) is 0.192. The minimum atomic E-state index is -1.11. The van der Waals surface area contributed by atoms with E-state index >= 15 is 0 Å². The number of hydrogen-bond acceptors (Lipinski definition) is 5. The van der Waals surface area contributed by atoms with Crippen molar-refractivity contribution in [2.75, 3.05) is 25.6 Å². The minimum absolute atomic E-state index is 0.0330. The molecule has 0 aromatic heterocycles. The van der Waals surface area contributed by atoms with Gasteiger partial charge in [-0.25, -0.2) is 9.59 Å². The molecule has 34 heavy (non-hydrogen) atoms. The highest BCUT2D eigenvalue weighted by atomic mass is 16.5. The summed E-state index contributed by atoms with van der Waals surface area (Å²) in [5.74, 6) is -1.77. The predicted octanol–water partition coefficient (Wildman–Crippen LogP) is 3.88. The van der Waals surface area contributed by atoms with Gasteiger partial charge in [0.25, 0.3) is 0 Å². The van der Waals surface area contributed by atoms with Gasteiger partial charge in [-0.05, 0) is 40.5 Å². The van der Waals surface area contributed by atoms with Gasteiger partial charge < -0.3 is 25.2 Å². The van der Waals surface area contributed by atoms with Crippen LogP contribution in [0.3, 0.4) is 0 Å². The third-order valence-electron chi connectivity index (χ3n) is 5.66. The van der Waals surface area contributed by atoms with E-state index in [2.05, 4.69) is 10.6 Å². The average Bonchev–Trinajstić information content (AvgIpc) is 3.16. The number of nitrogens with one attached hydrogen (secondary N) is 2. The van der Waals surface area contributed by atoms with Crippen LogP contribution in [0.2, 0.25) is 0 Å². The van der Waals surface area contributed by atoms with Gasteiger partial charge in [-0.3, -0.25) is 4.79 Å². The number of carboxylic acid groups (broad SMARTS) is 1. The van der Waals surface area contributed by atoms with Crippen molar-refractivity contribution in [1.82, 2.24) is 5.32 Å². The molecule has 0 fully saturated rings. The van der Waals surface area contributed by atoms with E-state index in [-0.39, 0.29) is 24.7 Å². The number of aromatic carboxylic acids is 1. The zero-order chi connectivity index (χ0) is 24.1. The summed E-state index contributed by atoms with van der Waals surface area (Å²) in [6.45, 7) is 0.0243. The molecule has 3 N–H and O–H groups in total. The van der Waals surface area contributed by atoms with Crippen molar-refractivity contribution in [3.05, 3.63) is 89.5 Å². The van der Waals surface area contributed by atoms with Crippen LogP contribution in [0.25, 0.3) is 11.1 Å². The number of anilines is 1. The fourth-order valence-electron chi connectivity index (χ4n) is 4.09. The van der Waals surface area contributed by atoms with Crippen molar-refractivity contribution in [3.8, 4) is 11.1 Å². The minimum Gasteiger partial charge on any atom is -0.478 e. The van der Waals surface area contributed by atoms with E-state index in [9.17, 15) is 14.4 Å². The van der Waals surface area contributed by atoms with E-state index < -0.39 is 24.0 Å². The summed E-state index contributed by atoms with van der Waals surface area (Å²) in [4.78, 5) is 36.4. The molecule has 1 unspecified atom stereocenters. The first-order valence-electron chi connectivity index (χ1n) is 10.7. The number of alkyl carbamates (subject to hydrolysis) is 1. The molecular formula is C26H24N2O6. The SMILES string of the molecule is COCC(NC(=O)OCC1c2ccccc2-c2ccccc21)C(=O)Nc1cccc(C(=O)O)c1. The molecule has 4 rings (SSSR count). The predicted molar refractivity (Wildman–Crippen MR) is 126 cm³/mol. The monoisotopic (exact) mass is 460 g/mol. The Hall–Kier alpha value is -4.17. The summed E-state index contributed by atoms with van der Waals surface area (Å²) < 4.78 is 10.6. The van der Waals surface area contributed by atoms with Gasteiger partial charge in [0.2, 0.25) is 5.91 Å². The number of benzene rings is 3. The number of rotatable bonds is 8. The van der Waals surface area contributed by atoms with Crippen LogP contribution in [0.5, 0.6) is 0 Å². The molecule has 8 heteroatoms. The van der Waals surface area contributed by atoms with Gasteiger partial charge in [-0.15, -0.1) is 0 Å². The van der Waals surface area contributed by atoms with Gasteiger partial charge >= 0.3 is 12.1 Å². The Morgan fingerprint density at radius 3 is 2.21 bits per heavy atom. The number of carbonyl (C=O) groups excluding carboxylic acids is 2. The molecule has 0 aliphatic heterocycles. The summed E-state index contributed by atoms with van der Waals surface area (Å²) in [5, 5.41) is 14.3. The van der Waals surface area contributed by atoms with Gasteiger partial charge in [0.05, 0.1) is 12.2 Å². The Kier molecular flexibility index (Phi) is 6.89. The average molecular weight is 460 g/mol. The van der Waals surface area contributed by atoms with Crippen LogP contribution in [0.4, 0.5) is 10.5 Å². The first-order valence-corrected chi connectivity index (χ1v) is 10.7. The van der Waals surface area contributed by atoms with E-state index in [4.69, 9.17) is 14.6 Å². The van der Waals surface area contributed by atoms with Crippen LogP contribution in [0.15, 0.2) is 72.8 Å². The van der Waals surface area contributed by atoms with Gasteiger partial charge in [-0.2, -0.15) is 0 Å². The molecule has 8 nitrogen and oxygen atoms in total. The summed E-state index contributed by atoms with van der Waals surface area (Å²) >= 11 is 0. The Bertz CT molecular complexity index is 1180. The van der Waals surface area contributed by atoms with Crippen molar-refractivity contribution < 1.29 is 29.0 Å². The van der Waals surface area contributed by atoms with Crippen LogP contribution in [0.1, 0.15) is 27.4 Å². The molecule has 0 saturated carbocycles. The van der Waals surface area contributed by atoms with E-state index in [1.807, 2.05) is 48.5 Å². The van der Waals surface area contributed by atoms with E-state index in [0.29, 0.717) is 5.69 Å². The first-order chi connectivity index (χ1) is 16.5. The lowest BCUT2D eigenvalue weighted by molar-refractivity contribution is -0.119. The molecule has 1 aliphatic carbocycles. The van der Waals surface area contributed by atoms with Crippen molar-refractivity contribution in [1.29, 1.82) is 0 Å². The highest BCUT2D eigenvalue weighted by molar-refractivity contribution is 5.98. The highest BCUT2D eigenvalue weighted by Gasteiger charge is 2.29. The molecule has 0 heterocycles. The Morgan fingerprint density at radius 1 is 0.941 bits per heavy atom. The molecule has 0 saturated heterocycles. The third kappa shape index (κ3) is 4.92. The number of amides is 2. The number of hydrogen-bond donors (Lipinski definition) is 3. The molecule has 174 valence electrons. The van der Waals surface area contributed by atoms with Gasteiger partial charge in [0.15, 0.2) is 0 Å². The second-order valence-corrected chi connectivity index (χ2v) is 7.85. The van der Waals surface area contributed by atoms with Crippen molar-refractivity contribution in [3.63, 3.8) is 0 Å². The number of carbonyl (C=O) groups is 3. The molecule has 1 atom stereocenters. The standard InChI is InChI=1S/C26H24N2O6/c1-33-15-23(24(29)27-17-8-6-7-16(13-17)25(30)31)28-26(32)34-14-22-20-11-4-2-9-18(20)19-10-3-5-12-21(19)22/h2-13,22-23H,14-15H2,1H3,(H,27,29)(H,28,32)(H,30,31). The van der Waals surface area contributed by atoms with Crippen LogP contribution in [-0.4, -0.2) is 49.4 Å². The lowest BCUT2D eigenvalue weighted by atomic mass is 9.98. The van der Waals surface area contributed by atoms with Gasteiger partial charge in [0, 0.05) is 18.7 Å². The number of fused-ring (bicyclic) bond motifs is 3. The summed E-state index contributed by atoms with van der Waals surface area (Å²) in [6, 6.07) is 20.8. The molecule has 1 aliphatic rings. The van der Waals surface area contributed by atoms with Gasteiger partial charge in [-0.1, -0.05) is 54.6 Å². The van der Waals surface area contributed by atoms with Crippen LogP contribution in [-0.2, 0) is 14.3 Å². The Labute approximate surface area is 196 Å². The first kappa shape index (κ1) is 23.0. The molecule has 3 aromatic carbocycles. The summed E-state index contributed by atoms with van der Waals surface area (Å²) in [5.41, 5.74) is 4.73. The van der Waals surface area contributed by atoms with Crippen molar-refractivity contribution in [2.24, 2.45) is 0 Å². The lowest BCUT2D eigenvalue weighted by Crippen LogP contribution is -2.47. The van der Waals surface area contributed by atoms with Gasteiger partial charge in [0.1, 0.15) is 12.6 Å². The summed E-state index contributed by atoms with van der Waals surface area (Å²) in [6.07, 6.45) is -0.752. The quantitative estimate of drug-likeness (QED) is 0.470. The largest absolute Gasteiger partial charge is 0.478 e. The Morgan fingerprint density at radius 2 is 1.59 bits per heavy atom. The summed E-state index contributed by atoms with van der Waals surface area (Å²) in [7, 11) is 1.41. The zero-order valence-corrected chi connectivity index (χ0v) is 18.5. The topological polar surface area (TPSA) is 114 Å². The normalized spacial score (nSPS) is 12.9. The maximum atomic E-state index is 12.7. The number of ether oxygens (including phenoxy) is 2. The maximum Gasteiger partial charge on any atom is 0.407 e. The maximum absolute atomic E-state index is 12.7. The molecule has 2 amide bonds. The molecular weight excluding hydrogens is 436 g/mol. The molecule has 3 aromatic rings. The van der Waals surface area contributed by atoms with E-state index in [0.717, 1.165) is 22.3 Å². The number of carboxylic acids is 1. The second-order valence-electron chi connectivity index (χ2n) is 7.85. The number of methoxy groups -OCH3 is 1. The van der Waals surface area contributed by atoms with Crippen molar-refractivity contribution in [2.45, 2.75) is 12.0 Å². The smallest absolute Gasteiger partial charge is 0.407 e. The zero-order valence-electron chi connectivity index (χ0n) is 18.5. The highest BCUT2D eigenvalue weighted by Crippen LogP contribution is 2.44. The van der Waals surface area contributed by atoms with Crippen LogP contribution < -0.4 is 10.6 Å².